The minimum atomic E-state index is -0.803. The minimum absolute atomic E-state index is 0.156. The maximum Gasteiger partial charge on any atom is 0.267 e. The quantitative estimate of drug-likeness (QED) is 0.522. The van der Waals surface area contributed by atoms with Crippen molar-refractivity contribution in [2.45, 2.75) is 19.4 Å². The summed E-state index contributed by atoms with van der Waals surface area (Å²) in [4.78, 5) is 29.3. The molecule has 0 aromatic heterocycles. The summed E-state index contributed by atoms with van der Waals surface area (Å²) in [5.74, 6) is -0.0191. The Bertz CT molecular complexity index is 1150. The number of rotatable bonds is 8. The number of para-hydroxylation sites is 1. The van der Waals surface area contributed by atoms with Gasteiger partial charge in [0.15, 0.2) is 6.10 Å². The molecule has 2 amide bonds. The first-order chi connectivity index (χ1) is 15.9. The number of nitriles is 1. The molecule has 168 valence electrons. The average Bonchev–Trinajstić information content (AvgIpc) is 2.86. The van der Waals surface area contributed by atoms with Gasteiger partial charge in [-0.1, -0.05) is 48.5 Å². The van der Waals surface area contributed by atoms with E-state index in [1.165, 1.54) is 4.90 Å². The first-order valence-electron chi connectivity index (χ1n) is 10.7. The third kappa shape index (κ3) is 5.98. The number of carbonyl (C=O) groups excluding carboxylic acids is 2. The van der Waals surface area contributed by atoms with Crippen LogP contribution in [0.3, 0.4) is 0 Å². The lowest BCUT2D eigenvalue weighted by Crippen LogP contribution is -2.39. The molecular formula is C27H27N3O3. The normalized spacial score (nSPS) is 11.2. The van der Waals surface area contributed by atoms with Crippen LogP contribution in [-0.2, 0) is 11.2 Å². The number of carbonyl (C=O) groups is 2. The Hall–Kier alpha value is -4.11. The maximum atomic E-state index is 13.2. The van der Waals surface area contributed by atoms with Crippen LogP contribution >= 0.6 is 0 Å². The van der Waals surface area contributed by atoms with Crippen molar-refractivity contribution in [1.29, 1.82) is 5.26 Å². The predicted octanol–water partition coefficient (Wildman–Crippen LogP) is 4.30. The van der Waals surface area contributed by atoms with Gasteiger partial charge in [-0.25, -0.2) is 0 Å². The summed E-state index contributed by atoms with van der Waals surface area (Å²) in [5, 5.41) is 9.06. The molecule has 0 saturated carbocycles. The second kappa shape index (κ2) is 11.0. The molecule has 6 nitrogen and oxygen atoms in total. The number of ether oxygens (including phenoxy) is 1. The summed E-state index contributed by atoms with van der Waals surface area (Å²) in [5.41, 5.74) is 2.57. The molecular weight excluding hydrogens is 414 g/mol. The molecule has 1 atom stereocenters. The molecule has 3 aromatic rings. The number of amides is 2. The van der Waals surface area contributed by atoms with Gasteiger partial charge >= 0.3 is 0 Å². The molecule has 3 aromatic carbocycles. The van der Waals surface area contributed by atoms with E-state index in [2.05, 4.69) is 6.07 Å². The van der Waals surface area contributed by atoms with Gasteiger partial charge in [-0.15, -0.1) is 0 Å². The fourth-order valence-corrected chi connectivity index (χ4v) is 3.48. The van der Waals surface area contributed by atoms with E-state index in [1.54, 1.807) is 74.4 Å². The van der Waals surface area contributed by atoms with Crippen LogP contribution < -0.4 is 9.64 Å². The van der Waals surface area contributed by atoms with E-state index in [0.717, 1.165) is 12.0 Å². The van der Waals surface area contributed by atoms with Gasteiger partial charge in [0.1, 0.15) is 5.75 Å². The molecule has 0 heterocycles. The van der Waals surface area contributed by atoms with Crippen LogP contribution in [0.25, 0.3) is 0 Å². The Balaban J connectivity index is 1.71. The molecule has 0 N–H and O–H groups in total. The monoisotopic (exact) mass is 441 g/mol. The number of likely N-dealkylation sites (N-methyl/N-ethyl adjacent to an activating group) is 2. The summed E-state index contributed by atoms with van der Waals surface area (Å²) in [6.07, 6.45) is -0.0601. The standard InChI is InChI=1S/C27H27N3O3/c1-20(33-23-13-9-12-22(18-23)19-28)26(31)30(3)25-15-8-7-14-24(25)27(32)29(2)17-16-21-10-5-4-6-11-21/h4-15,18,20H,16-17H2,1-3H3. The van der Waals surface area contributed by atoms with Crippen LogP contribution in [0.1, 0.15) is 28.4 Å². The zero-order valence-electron chi connectivity index (χ0n) is 19.1. The fraction of sp³-hybridized carbons (Fsp3) is 0.222. The summed E-state index contributed by atoms with van der Waals surface area (Å²) in [7, 11) is 3.39. The van der Waals surface area contributed by atoms with Crippen LogP contribution in [0, 0.1) is 11.3 Å². The number of nitrogens with zero attached hydrogens (tertiary/aromatic N) is 3. The van der Waals surface area contributed by atoms with Gasteiger partial charge in [-0.05, 0) is 49.2 Å². The molecule has 0 saturated heterocycles. The highest BCUT2D eigenvalue weighted by Crippen LogP contribution is 2.23. The third-order valence-electron chi connectivity index (χ3n) is 5.38. The van der Waals surface area contributed by atoms with E-state index in [9.17, 15) is 9.59 Å². The molecule has 0 bridgehead atoms. The van der Waals surface area contributed by atoms with E-state index >= 15 is 0 Å². The maximum absolute atomic E-state index is 13.2. The molecule has 6 heteroatoms. The first-order valence-corrected chi connectivity index (χ1v) is 10.7. The third-order valence-corrected chi connectivity index (χ3v) is 5.38. The molecule has 0 aliphatic carbocycles. The molecule has 0 aliphatic heterocycles. The Morgan fingerprint density at radius 2 is 1.67 bits per heavy atom. The SMILES string of the molecule is CC(Oc1cccc(C#N)c1)C(=O)N(C)c1ccccc1C(=O)N(C)CCc1ccccc1. The fourth-order valence-electron chi connectivity index (χ4n) is 3.48. The van der Waals surface area contributed by atoms with Crippen molar-refractivity contribution in [1.82, 2.24) is 4.90 Å². The Morgan fingerprint density at radius 3 is 2.39 bits per heavy atom. The van der Waals surface area contributed by atoms with Crippen molar-refractivity contribution in [3.05, 3.63) is 95.6 Å². The lowest BCUT2D eigenvalue weighted by Gasteiger charge is -2.26. The van der Waals surface area contributed by atoms with Crippen molar-refractivity contribution in [2.75, 3.05) is 25.5 Å². The van der Waals surface area contributed by atoms with Crippen LogP contribution in [0.5, 0.6) is 5.75 Å². The summed E-state index contributed by atoms with van der Waals surface area (Å²) < 4.78 is 5.76. The van der Waals surface area contributed by atoms with E-state index in [1.807, 2.05) is 30.3 Å². The summed E-state index contributed by atoms with van der Waals surface area (Å²) >= 11 is 0. The second-order valence-corrected chi connectivity index (χ2v) is 7.78. The number of hydrogen-bond donors (Lipinski definition) is 0. The second-order valence-electron chi connectivity index (χ2n) is 7.78. The van der Waals surface area contributed by atoms with Crippen molar-refractivity contribution in [3.63, 3.8) is 0 Å². The topological polar surface area (TPSA) is 73.6 Å². The Labute approximate surface area is 194 Å². The van der Waals surface area contributed by atoms with Gasteiger partial charge < -0.3 is 14.5 Å². The van der Waals surface area contributed by atoms with Crippen molar-refractivity contribution in [3.8, 4) is 11.8 Å². The highest BCUT2D eigenvalue weighted by Gasteiger charge is 2.25. The summed E-state index contributed by atoms with van der Waals surface area (Å²) in [6.45, 7) is 2.21. The van der Waals surface area contributed by atoms with Crippen LogP contribution in [-0.4, -0.2) is 43.5 Å². The van der Waals surface area contributed by atoms with Crippen LogP contribution in [0.4, 0.5) is 5.69 Å². The van der Waals surface area contributed by atoms with E-state index in [-0.39, 0.29) is 11.8 Å². The minimum Gasteiger partial charge on any atom is -0.481 e. The highest BCUT2D eigenvalue weighted by molar-refractivity contribution is 6.05. The molecule has 0 radical (unpaired) electrons. The largest absolute Gasteiger partial charge is 0.481 e. The number of hydrogen-bond acceptors (Lipinski definition) is 4. The van der Waals surface area contributed by atoms with Gasteiger partial charge in [-0.2, -0.15) is 5.26 Å². The van der Waals surface area contributed by atoms with Gasteiger partial charge in [0.2, 0.25) is 0 Å². The number of benzene rings is 3. The van der Waals surface area contributed by atoms with Gasteiger partial charge in [0.05, 0.1) is 22.9 Å². The average molecular weight is 442 g/mol. The number of anilines is 1. The molecule has 33 heavy (non-hydrogen) atoms. The van der Waals surface area contributed by atoms with Crippen molar-refractivity contribution < 1.29 is 14.3 Å². The molecule has 1 unspecified atom stereocenters. The van der Waals surface area contributed by atoms with Crippen LogP contribution in [0.15, 0.2) is 78.9 Å². The summed E-state index contributed by atoms with van der Waals surface area (Å²) in [6, 6.07) is 25.8. The lowest BCUT2D eigenvalue weighted by molar-refractivity contribution is -0.124. The zero-order chi connectivity index (χ0) is 23.8. The van der Waals surface area contributed by atoms with Gasteiger partial charge in [0.25, 0.3) is 11.8 Å². The molecule has 0 aliphatic rings. The Kier molecular flexibility index (Phi) is 7.82. The van der Waals surface area contributed by atoms with Crippen molar-refractivity contribution in [2.24, 2.45) is 0 Å². The lowest BCUT2D eigenvalue weighted by atomic mass is 10.1. The van der Waals surface area contributed by atoms with E-state index in [4.69, 9.17) is 10.00 Å². The Morgan fingerprint density at radius 1 is 0.970 bits per heavy atom. The molecule has 3 rings (SSSR count). The van der Waals surface area contributed by atoms with E-state index in [0.29, 0.717) is 29.1 Å². The van der Waals surface area contributed by atoms with Gasteiger partial charge in [0, 0.05) is 20.6 Å². The smallest absolute Gasteiger partial charge is 0.267 e. The van der Waals surface area contributed by atoms with E-state index < -0.39 is 6.10 Å². The van der Waals surface area contributed by atoms with Gasteiger partial charge in [-0.3, -0.25) is 9.59 Å². The first kappa shape index (κ1) is 23.6. The highest BCUT2D eigenvalue weighted by atomic mass is 16.5. The predicted molar refractivity (Wildman–Crippen MR) is 128 cm³/mol. The zero-order valence-corrected chi connectivity index (χ0v) is 19.1. The van der Waals surface area contributed by atoms with Crippen LogP contribution in [0.2, 0.25) is 0 Å². The van der Waals surface area contributed by atoms with Crippen molar-refractivity contribution >= 4 is 17.5 Å². The molecule has 0 fully saturated rings. The molecule has 0 spiro atoms.